The van der Waals surface area contributed by atoms with E-state index in [-0.39, 0.29) is 65.5 Å². The summed E-state index contributed by atoms with van der Waals surface area (Å²) in [5.41, 5.74) is 21.0. The number of ether oxygens (including phenoxy) is 2. The van der Waals surface area contributed by atoms with Crippen LogP contribution in [0.3, 0.4) is 0 Å². The first kappa shape index (κ1) is 92.0. The number of aromatic nitrogens is 2. The van der Waals surface area contributed by atoms with Crippen LogP contribution < -0.4 is 53.2 Å². The number of thioether (sulfide) groups is 1. The number of benzene rings is 6. The number of aliphatic carboxylic acids is 1. The number of nitrogen functional groups attached to an aromatic ring is 2. The van der Waals surface area contributed by atoms with Gasteiger partial charge in [0.05, 0.1) is 5.33 Å². The number of thiazole rings is 2. The number of nitrogens with zero attached hydrogens (tertiary/aromatic N) is 8. The van der Waals surface area contributed by atoms with Crippen molar-refractivity contribution in [1.29, 1.82) is 0 Å². The van der Waals surface area contributed by atoms with E-state index in [1.807, 2.05) is 121 Å². The standard InChI is InChI=1S/C25H26F3N5O3S.C20H18F3N5OS.C19H29N5O2S2.C8H4BrF3O.C2H4O2.H3P/c1-25(2,3)36-24(35)33-10-8-32(9-11-33)16-6-4-15(5-7-16)30-23-31-22(29)21(37-23)20(34)14-12-17(26)19(28)18(27)13-14;21-14-9-11(10-15(22)16(14)23)17(29)18-19(24)27-20(30-18)26-12-1-3-13(4-2-12)28-7-5-25-6-8-28;1-5-28-16(20)22-17(27)21-14-6-8-15(9-7-14)23-10-12-24(13-11-23)18(25)26-19(2,3)4;9-3-7(13)4-1-5(10)8(12)6(11)2-4;1-2(3)4;/h4-7,12-13H,8-11,29H2,1-3H3,(H,30,31);1-4,9-10,25H,5-8,24H2,(H,26,27);6-9H,5,10-13H2,1-4H3,(H3,20,21,22,27);1-2H,3H2;1H3,(H,3,4);1H3. The van der Waals surface area contributed by atoms with E-state index in [1.54, 1.807) is 9.80 Å². The lowest BCUT2D eigenvalue weighted by Crippen LogP contribution is -2.50. The van der Waals surface area contributed by atoms with Crippen molar-refractivity contribution in [2.24, 2.45) is 10.7 Å². The van der Waals surface area contributed by atoms with Gasteiger partial charge >= 0.3 is 12.2 Å². The number of nitrogens with one attached hydrogen (secondary N) is 4. The van der Waals surface area contributed by atoms with Gasteiger partial charge in [-0.15, -0.1) is 0 Å². The third-order valence-electron chi connectivity index (χ3n) is 15.6. The fourth-order valence-corrected chi connectivity index (χ4v) is 13.1. The molecule has 8 aromatic rings. The molecule has 0 aliphatic carbocycles. The lowest BCUT2D eigenvalue weighted by Gasteiger charge is -2.36. The highest BCUT2D eigenvalue weighted by molar-refractivity contribution is 9.09. The second-order valence-corrected chi connectivity index (χ2v) is 30.5. The smallest absolute Gasteiger partial charge is 0.410 e. The summed E-state index contributed by atoms with van der Waals surface area (Å²) in [6.45, 7) is 23.2. The van der Waals surface area contributed by atoms with Gasteiger partial charge in [0.15, 0.2) is 78.7 Å². The molecular formula is C74H84BrF9N15O9PS4. The van der Waals surface area contributed by atoms with Crippen LogP contribution in [0, 0.1) is 52.4 Å². The number of amidine groups is 1. The van der Waals surface area contributed by atoms with Crippen LogP contribution in [0.4, 0.5) is 105 Å². The Balaban J connectivity index is 0.000000240. The zero-order chi connectivity index (χ0) is 82.5. The van der Waals surface area contributed by atoms with Crippen molar-refractivity contribution in [3.63, 3.8) is 0 Å². The number of aliphatic imine (C=N–C) groups is 1. The molecule has 2 amide bonds. The third kappa shape index (κ3) is 28.0. The summed E-state index contributed by atoms with van der Waals surface area (Å²) in [6.07, 6.45) is -0.566. The number of Topliss-reactive ketones (excluding diaryl/α,β-unsaturated/α-hetero) is 1. The fraction of sp³-hybridized carbons (Fsp3) is 0.324. The largest absolute Gasteiger partial charge is 0.481 e. The molecule has 6 aromatic carbocycles. The van der Waals surface area contributed by atoms with Crippen molar-refractivity contribution in [1.82, 2.24) is 25.1 Å². The molecule has 3 aliphatic heterocycles. The van der Waals surface area contributed by atoms with E-state index >= 15 is 0 Å². The molecule has 5 heterocycles. The molecule has 3 aliphatic rings. The number of amides is 2. The Labute approximate surface area is 675 Å². The topological polar surface area (TPSA) is 322 Å². The Morgan fingerprint density at radius 2 is 0.867 bits per heavy atom. The molecule has 0 bridgehead atoms. The van der Waals surface area contributed by atoms with Crippen molar-refractivity contribution in [3.05, 3.63) is 188 Å². The fourth-order valence-electron chi connectivity index (χ4n) is 10.3. The summed E-state index contributed by atoms with van der Waals surface area (Å²) in [5.74, 6) is -15.5. The number of rotatable bonds is 15. The minimum Gasteiger partial charge on any atom is -0.481 e. The van der Waals surface area contributed by atoms with Gasteiger partial charge in [0.1, 0.15) is 32.6 Å². The lowest BCUT2D eigenvalue weighted by atomic mass is 10.1. The van der Waals surface area contributed by atoms with Gasteiger partial charge in [0, 0.05) is 136 Å². The number of anilines is 10. The molecule has 608 valence electrons. The zero-order valence-electron chi connectivity index (χ0n) is 62.4. The van der Waals surface area contributed by atoms with Crippen molar-refractivity contribution < 1.29 is 82.9 Å². The van der Waals surface area contributed by atoms with Crippen LogP contribution in [-0.2, 0) is 14.3 Å². The van der Waals surface area contributed by atoms with Gasteiger partial charge in [-0.05, 0) is 169 Å². The number of halogens is 10. The highest BCUT2D eigenvalue weighted by Gasteiger charge is 2.30. The normalized spacial score (nSPS) is 13.5. The van der Waals surface area contributed by atoms with Crippen LogP contribution in [0.2, 0.25) is 0 Å². The molecule has 1 atom stereocenters. The Morgan fingerprint density at radius 1 is 0.558 bits per heavy atom. The van der Waals surface area contributed by atoms with Crippen molar-refractivity contribution in [3.8, 4) is 0 Å². The molecule has 2 aromatic heterocycles. The van der Waals surface area contributed by atoms with Crippen LogP contribution in [0.1, 0.15) is 96.2 Å². The van der Waals surface area contributed by atoms with Crippen molar-refractivity contribution in [2.75, 3.05) is 132 Å². The van der Waals surface area contributed by atoms with Crippen molar-refractivity contribution in [2.45, 2.75) is 66.6 Å². The number of carbonyl (C=O) groups excluding carboxylic acids is 5. The van der Waals surface area contributed by atoms with Crippen LogP contribution in [0.25, 0.3) is 0 Å². The highest BCUT2D eigenvalue weighted by Crippen LogP contribution is 2.34. The van der Waals surface area contributed by atoms with E-state index in [1.165, 1.54) is 11.8 Å². The lowest BCUT2D eigenvalue weighted by molar-refractivity contribution is -0.134. The van der Waals surface area contributed by atoms with Gasteiger partial charge < -0.3 is 77.5 Å². The number of ketones is 3. The first-order valence-corrected chi connectivity index (χ1v) is 38.3. The van der Waals surface area contributed by atoms with Crippen LogP contribution in [0.15, 0.2) is 114 Å². The van der Waals surface area contributed by atoms with Crippen LogP contribution in [-0.4, -0.2) is 171 Å². The Kier molecular flexibility index (Phi) is 34.5. The average Bonchev–Trinajstić information content (AvgIpc) is 1.70. The minimum atomic E-state index is -1.65. The van der Waals surface area contributed by atoms with Gasteiger partial charge in [0.25, 0.3) is 5.97 Å². The van der Waals surface area contributed by atoms with E-state index < -0.39 is 86.9 Å². The summed E-state index contributed by atoms with van der Waals surface area (Å²) in [7, 11) is 0. The summed E-state index contributed by atoms with van der Waals surface area (Å²) in [5, 5.41) is 21.3. The number of hydrogen-bond acceptors (Lipinski definition) is 22. The maximum absolute atomic E-state index is 13.5. The van der Waals surface area contributed by atoms with Crippen LogP contribution in [0.5, 0.6) is 0 Å². The molecule has 113 heavy (non-hydrogen) atoms. The maximum atomic E-state index is 13.5. The van der Waals surface area contributed by atoms with Gasteiger partial charge in [-0.1, -0.05) is 57.3 Å². The number of carboxylic acids is 1. The summed E-state index contributed by atoms with van der Waals surface area (Å²) >= 11 is 11.4. The molecule has 0 spiro atoms. The molecule has 11 N–H and O–H groups in total. The van der Waals surface area contributed by atoms with E-state index in [0.717, 1.165) is 103 Å². The average molecular weight is 1740 g/mol. The van der Waals surface area contributed by atoms with Crippen LogP contribution >= 0.6 is 72.5 Å². The predicted molar refractivity (Wildman–Crippen MR) is 438 cm³/mol. The van der Waals surface area contributed by atoms with E-state index in [0.29, 0.717) is 102 Å². The Morgan fingerprint density at radius 3 is 1.18 bits per heavy atom. The van der Waals surface area contributed by atoms with E-state index in [2.05, 4.69) is 66.9 Å². The van der Waals surface area contributed by atoms with Gasteiger partial charge in [-0.25, -0.2) is 59.1 Å². The number of thiocarbonyl (C=S) groups is 1. The van der Waals surface area contributed by atoms with Gasteiger partial charge in [-0.3, -0.25) is 19.2 Å². The monoisotopic (exact) mass is 1740 g/mol. The summed E-state index contributed by atoms with van der Waals surface area (Å²) in [4.78, 5) is 92.1. The molecular weight excluding hydrogens is 1650 g/mol. The zero-order valence-corrected chi connectivity index (χ0v) is 68.7. The number of alkyl halides is 1. The molecule has 11 rings (SSSR count). The molecule has 3 saturated heterocycles. The number of piperazine rings is 3. The van der Waals surface area contributed by atoms with Gasteiger partial charge in [-0.2, -0.15) is 14.9 Å². The third-order valence-corrected chi connectivity index (χ3v) is 18.9. The molecule has 39 heteroatoms. The first-order valence-electron chi connectivity index (χ1n) is 34.2. The number of hydrogen-bond donors (Lipinski definition) is 8. The SMILES string of the molecule is CC(=O)O.CC(C)(C)OC(=O)N1CCN(c2ccc(Nc3nc(N)c(C(=O)c4cc(F)c(F)c(F)c4)s3)cc2)CC1.CCSC(N)=NC(=S)Nc1ccc(N2CCN(C(=O)OC(C)(C)C)CC2)cc1.Nc1nc(Nc2ccc(N3CCNCC3)cc2)sc1C(=O)c1cc(F)c(F)c(F)c1.O=C(CBr)c1cc(F)c(F)c(F)c1.P. The van der Waals surface area contributed by atoms with E-state index in [9.17, 15) is 63.5 Å². The second kappa shape index (κ2) is 42.3. The number of carbonyl (C=O) groups is 6. The minimum absolute atomic E-state index is 0. The molecule has 0 saturated carbocycles. The number of nitrogens with two attached hydrogens (primary N) is 3. The molecule has 3 fully saturated rings. The maximum Gasteiger partial charge on any atom is 0.410 e. The second-order valence-electron chi connectivity index (χ2n) is 26.3. The van der Waals surface area contributed by atoms with Gasteiger partial charge in [0.2, 0.25) is 11.6 Å². The molecule has 1 unspecified atom stereocenters. The quantitative estimate of drug-likeness (QED) is 0.00691. The summed E-state index contributed by atoms with van der Waals surface area (Å²) in [6, 6.07) is 27.1. The highest BCUT2D eigenvalue weighted by atomic mass is 79.9. The van der Waals surface area contributed by atoms with E-state index in [4.69, 9.17) is 48.8 Å². The first-order chi connectivity index (χ1) is 52.8. The van der Waals surface area contributed by atoms with Crippen molar-refractivity contribution >= 4 is 174 Å². The summed E-state index contributed by atoms with van der Waals surface area (Å²) < 4.78 is 129. The molecule has 0 radical (unpaired) electrons. The predicted octanol–water partition coefficient (Wildman–Crippen LogP) is 15.0. The molecule has 24 nitrogen and oxygen atoms in total. The number of carboxylic acid groups (broad SMARTS) is 1. The Bertz CT molecular complexity index is 4610. The Hall–Kier alpha value is -9.85.